The van der Waals surface area contributed by atoms with Gasteiger partial charge in [-0.2, -0.15) is 4.39 Å². The summed E-state index contributed by atoms with van der Waals surface area (Å²) < 4.78 is 26.2. The van der Waals surface area contributed by atoms with Gasteiger partial charge in [-0.25, -0.2) is 9.37 Å². The van der Waals surface area contributed by atoms with Gasteiger partial charge >= 0.3 is 0 Å². The Morgan fingerprint density at radius 1 is 1.33 bits per heavy atom. The van der Waals surface area contributed by atoms with Crippen molar-refractivity contribution in [2.24, 2.45) is 5.92 Å². The van der Waals surface area contributed by atoms with Crippen LogP contribution in [0.15, 0.2) is 12.3 Å². The predicted molar refractivity (Wildman–Crippen MR) is 65.2 cm³/mol. The fourth-order valence-electron chi connectivity index (χ4n) is 1.55. The molecule has 0 radical (unpaired) electrons. The lowest BCUT2D eigenvalue weighted by Gasteiger charge is -2.15. The number of hydrogen-bond donors (Lipinski definition) is 1. The summed E-state index contributed by atoms with van der Waals surface area (Å²) in [6, 6.07) is 1.10. The highest BCUT2D eigenvalue weighted by Gasteiger charge is 2.17. The number of pyridine rings is 1. The Morgan fingerprint density at radius 2 is 2.00 bits per heavy atom. The summed E-state index contributed by atoms with van der Waals surface area (Å²) in [5.41, 5.74) is -0.307. The molecule has 1 atom stereocenters. The maximum Gasteiger partial charge on any atom is 0.254 e. The maximum atomic E-state index is 13.3. The molecule has 0 spiro atoms. The van der Waals surface area contributed by atoms with Gasteiger partial charge in [0.25, 0.3) is 5.91 Å². The first-order chi connectivity index (χ1) is 8.41. The van der Waals surface area contributed by atoms with Crippen molar-refractivity contribution in [2.75, 3.05) is 0 Å². The molecule has 1 rings (SSSR count). The van der Waals surface area contributed by atoms with Crippen molar-refractivity contribution < 1.29 is 13.6 Å². The van der Waals surface area contributed by atoms with Crippen LogP contribution in [-0.4, -0.2) is 16.9 Å². The predicted octanol–water partition coefficient (Wildman–Crippen LogP) is 2.91. The number of nitrogens with zero attached hydrogens (tertiary/aromatic N) is 1. The minimum Gasteiger partial charge on any atom is -0.349 e. The summed E-state index contributed by atoms with van der Waals surface area (Å²) in [5.74, 6) is -2.52. The van der Waals surface area contributed by atoms with Crippen molar-refractivity contribution in [2.45, 2.75) is 39.7 Å². The van der Waals surface area contributed by atoms with E-state index in [4.69, 9.17) is 0 Å². The molecular weight excluding hydrogens is 238 g/mol. The molecule has 0 saturated carbocycles. The second-order valence-electron chi connectivity index (χ2n) is 4.81. The van der Waals surface area contributed by atoms with Gasteiger partial charge in [0, 0.05) is 12.2 Å². The normalized spacial score (nSPS) is 12.6. The minimum absolute atomic E-state index is 0.0736. The molecule has 100 valence electrons. The summed E-state index contributed by atoms with van der Waals surface area (Å²) in [5, 5.41) is 2.65. The Bertz CT molecular complexity index is 421. The number of rotatable bonds is 5. The number of amides is 1. The summed E-state index contributed by atoms with van der Waals surface area (Å²) >= 11 is 0. The Kier molecular flexibility index (Phi) is 5.19. The molecule has 1 unspecified atom stereocenters. The molecular formula is C13H18F2N2O. The van der Waals surface area contributed by atoms with Crippen LogP contribution in [0, 0.1) is 17.7 Å². The van der Waals surface area contributed by atoms with Gasteiger partial charge in [-0.3, -0.25) is 4.79 Å². The van der Waals surface area contributed by atoms with Crippen LogP contribution in [0.5, 0.6) is 0 Å². The zero-order valence-corrected chi connectivity index (χ0v) is 10.8. The van der Waals surface area contributed by atoms with E-state index in [0.717, 1.165) is 19.0 Å². The van der Waals surface area contributed by atoms with E-state index >= 15 is 0 Å². The van der Waals surface area contributed by atoms with Gasteiger partial charge < -0.3 is 5.32 Å². The molecule has 0 aliphatic heterocycles. The zero-order valence-electron chi connectivity index (χ0n) is 10.8. The van der Waals surface area contributed by atoms with Gasteiger partial charge in [0.15, 0.2) is 5.82 Å². The Balaban J connectivity index is 2.62. The van der Waals surface area contributed by atoms with Gasteiger partial charge in [-0.05, 0) is 31.7 Å². The highest BCUT2D eigenvalue weighted by molar-refractivity contribution is 5.94. The quantitative estimate of drug-likeness (QED) is 0.823. The van der Waals surface area contributed by atoms with E-state index in [9.17, 15) is 13.6 Å². The molecule has 5 heteroatoms. The van der Waals surface area contributed by atoms with E-state index in [1.54, 1.807) is 0 Å². The van der Waals surface area contributed by atoms with E-state index in [1.165, 1.54) is 6.07 Å². The van der Waals surface area contributed by atoms with Crippen LogP contribution in [0.25, 0.3) is 0 Å². The molecule has 3 nitrogen and oxygen atoms in total. The monoisotopic (exact) mass is 256 g/mol. The molecule has 1 aromatic heterocycles. The molecule has 1 heterocycles. The van der Waals surface area contributed by atoms with Crippen LogP contribution >= 0.6 is 0 Å². The smallest absolute Gasteiger partial charge is 0.254 e. The summed E-state index contributed by atoms with van der Waals surface area (Å²) in [6.07, 6.45) is 2.85. The molecule has 0 saturated heterocycles. The SMILES string of the molecule is CC(C)CCC(C)NC(=O)c1ccnc(F)c1F. The van der Waals surface area contributed by atoms with Crippen molar-refractivity contribution in [1.29, 1.82) is 0 Å². The molecule has 1 amide bonds. The lowest BCUT2D eigenvalue weighted by Crippen LogP contribution is -2.33. The minimum atomic E-state index is -1.25. The van der Waals surface area contributed by atoms with Crippen molar-refractivity contribution >= 4 is 5.91 Å². The molecule has 0 fully saturated rings. The first kappa shape index (κ1) is 14.5. The second-order valence-corrected chi connectivity index (χ2v) is 4.81. The summed E-state index contributed by atoms with van der Waals surface area (Å²) in [4.78, 5) is 14.9. The third kappa shape index (κ3) is 4.05. The molecule has 1 N–H and O–H groups in total. The van der Waals surface area contributed by atoms with Crippen molar-refractivity contribution in [3.8, 4) is 0 Å². The molecule has 18 heavy (non-hydrogen) atoms. The van der Waals surface area contributed by atoms with E-state index in [2.05, 4.69) is 24.1 Å². The first-order valence-electron chi connectivity index (χ1n) is 6.02. The van der Waals surface area contributed by atoms with Crippen molar-refractivity contribution in [1.82, 2.24) is 10.3 Å². The molecule has 0 aliphatic rings. The number of halogens is 2. The van der Waals surface area contributed by atoms with Crippen LogP contribution in [0.1, 0.15) is 44.0 Å². The number of hydrogen-bond acceptors (Lipinski definition) is 2. The Morgan fingerprint density at radius 3 is 2.61 bits per heavy atom. The van der Waals surface area contributed by atoms with Crippen molar-refractivity contribution in [3.63, 3.8) is 0 Å². The largest absolute Gasteiger partial charge is 0.349 e. The van der Waals surface area contributed by atoms with Gasteiger partial charge in [-0.1, -0.05) is 13.8 Å². The number of nitrogens with one attached hydrogen (secondary N) is 1. The van der Waals surface area contributed by atoms with Crippen LogP contribution in [0.3, 0.4) is 0 Å². The lowest BCUT2D eigenvalue weighted by atomic mass is 10.0. The van der Waals surface area contributed by atoms with Crippen molar-refractivity contribution in [3.05, 3.63) is 29.6 Å². The summed E-state index contributed by atoms with van der Waals surface area (Å²) in [6.45, 7) is 6.02. The maximum absolute atomic E-state index is 13.3. The van der Waals surface area contributed by atoms with Gasteiger partial charge in [0.2, 0.25) is 5.95 Å². The topological polar surface area (TPSA) is 42.0 Å². The van der Waals surface area contributed by atoms with Gasteiger partial charge in [-0.15, -0.1) is 0 Å². The van der Waals surface area contributed by atoms with Crippen LogP contribution in [0.2, 0.25) is 0 Å². The second kappa shape index (κ2) is 6.42. The standard InChI is InChI=1S/C13H18F2N2O/c1-8(2)4-5-9(3)17-13(18)10-6-7-16-12(15)11(10)14/h6-9H,4-5H2,1-3H3,(H,17,18). The average Bonchev–Trinajstić information content (AvgIpc) is 2.30. The van der Waals surface area contributed by atoms with Crippen LogP contribution in [0.4, 0.5) is 8.78 Å². The zero-order chi connectivity index (χ0) is 13.7. The van der Waals surface area contributed by atoms with Gasteiger partial charge in [0.1, 0.15) is 0 Å². The molecule has 0 bridgehead atoms. The van der Waals surface area contributed by atoms with E-state index in [1.807, 2.05) is 6.92 Å². The molecule has 1 aromatic rings. The Labute approximate surface area is 106 Å². The van der Waals surface area contributed by atoms with E-state index < -0.39 is 17.7 Å². The van der Waals surface area contributed by atoms with Gasteiger partial charge in [0.05, 0.1) is 5.56 Å². The summed E-state index contributed by atoms with van der Waals surface area (Å²) in [7, 11) is 0. The molecule has 0 aromatic carbocycles. The fraction of sp³-hybridized carbons (Fsp3) is 0.538. The van der Waals surface area contributed by atoms with Crippen LogP contribution in [-0.2, 0) is 0 Å². The number of aromatic nitrogens is 1. The number of carbonyl (C=O) groups excluding carboxylic acids is 1. The third-order valence-electron chi connectivity index (χ3n) is 2.65. The highest BCUT2D eigenvalue weighted by Crippen LogP contribution is 2.11. The fourth-order valence-corrected chi connectivity index (χ4v) is 1.55. The molecule has 0 aliphatic carbocycles. The highest BCUT2D eigenvalue weighted by atomic mass is 19.2. The first-order valence-corrected chi connectivity index (χ1v) is 6.02. The lowest BCUT2D eigenvalue weighted by molar-refractivity contribution is 0.0931. The van der Waals surface area contributed by atoms with E-state index in [0.29, 0.717) is 5.92 Å². The average molecular weight is 256 g/mol. The van der Waals surface area contributed by atoms with Crippen LogP contribution < -0.4 is 5.32 Å². The van der Waals surface area contributed by atoms with E-state index in [-0.39, 0.29) is 11.6 Å². The Hall–Kier alpha value is -1.52. The third-order valence-corrected chi connectivity index (χ3v) is 2.65. The number of carbonyl (C=O) groups is 1.